The Morgan fingerprint density at radius 2 is 2.25 bits per heavy atom. The van der Waals surface area contributed by atoms with Crippen molar-refractivity contribution in [3.63, 3.8) is 0 Å². The Bertz CT molecular complexity index is 415. The lowest BCUT2D eigenvalue weighted by atomic mass is 10.1. The number of hydrogen-bond donors (Lipinski definition) is 2. The molecule has 0 aromatic heterocycles. The number of anilines is 1. The highest BCUT2D eigenvalue weighted by molar-refractivity contribution is 6.02. The van der Waals surface area contributed by atoms with Gasteiger partial charge in [-0.25, -0.2) is 0 Å². The summed E-state index contributed by atoms with van der Waals surface area (Å²) in [5.74, 6) is 1.09. The van der Waals surface area contributed by atoms with E-state index in [9.17, 15) is 4.79 Å². The van der Waals surface area contributed by atoms with Crippen LogP contribution in [0.4, 0.5) is 5.69 Å². The lowest BCUT2D eigenvalue weighted by Crippen LogP contribution is -2.19. The molecule has 0 aliphatic carbocycles. The molecule has 86 valence electrons. The number of fused-ring (bicyclic) bond motifs is 1. The average molecular weight is 220 g/mol. The second kappa shape index (κ2) is 4.14. The summed E-state index contributed by atoms with van der Waals surface area (Å²) in [4.78, 5) is 11.3. The third kappa shape index (κ3) is 2.02. The van der Waals surface area contributed by atoms with Crippen molar-refractivity contribution < 1.29 is 9.53 Å². The summed E-state index contributed by atoms with van der Waals surface area (Å²) >= 11 is 0. The Balaban J connectivity index is 2.15. The fraction of sp³-hybridized carbons (Fsp3) is 0.417. The molecule has 1 amide bonds. The summed E-state index contributed by atoms with van der Waals surface area (Å²) in [5, 5.41) is 2.73. The monoisotopic (exact) mass is 220 g/mol. The number of amides is 1. The van der Waals surface area contributed by atoms with Gasteiger partial charge in [0.2, 0.25) is 5.91 Å². The minimum Gasteiger partial charge on any atom is -0.493 e. The topological polar surface area (TPSA) is 64.3 Å². The molecule has 4 heteroatoms. The zero-order chi connectivity index (χ0) is 11.7. The molecule has 1 aliphatic rings. The van der Waals surface area contributed by atoms with Gasteiger partial charge in [-0.1, -0.05) is 19.9 Å². The molecule has 1 aliphatic heterocycles. The number of ether oxygens (including phenoxy) is 1. The maximum atomic E-state index is 11.3. The van der Waals surface area contributed by atoms with Crippen LogP contribution in [0.2, 0.25) is 0 Å². The van der Waals surface area contributed by atoms with Crippen LogP contribution in [0.15, 0.2) is 18.2 Å². The number of nitrogens with two attached hydrogens (primary N) is 1. The second-order valence-corrected chi connectivity index (χ2v) is 4.42. The van der Waals surface area contributed by atoms with Gasteiger partial charge in [0.1, 0.15) is 11.8 Å². The molecule has 0 fully saturated rings. The zero-order valence-electron chi connectivity index (χ0n) is 9.49. The molecule has 0 saturated carbocycles. The van der Waals surface area contributed by atoms with Crippen LogP contribution >= 0.6 is 0 Å². The van der Waals surface area contributed by atoms with Gasteiger partial charge < -0.3 is 15.8 Å². The van der Waals surface area contributed by atoms with Crippen molar-refractivity contribution in [2.24, 2.45) is 11.7 Å². The predicted molar refractivity (Wildman–Crippen MR) is 62.3 cm³/mol. The van der Waals surface area contributed by atoms with E-state index in [1.807, 2.05) is 18.2 Å². The van der Waals surface area contributed by atoms with E-state index in [4.69, 9.17) is 10.5 Å². The molecule has 0 spiro atoms. The minimum absolute atomic E-state index is 0.156. The van der Waals surface area contributed by atoms with E-state index in [0.717, 1.165) is 17.0 Å². The van der Waals surface area contributed by atoms with Gasteiger partial charge in [0.05, 0.1) is 6.61 Å². The van der Waals surface area contributed by atoms with Crippen LogP contribution in [0, 0.1) is 5.92 Å². The molecule has 2 rings (SSSR count). The molecule has 1 aromatic carbocycles. The van der Waals surface area contributed by atoms with Gasteiger partial charge in [-0.3, -0.25) is 4.79 Å². The summed E-state index contributed by atoms with van der Waals surface area (Å²) in [6, 6.07) is 4.96. The highest BCUT2D eigenvalue weighted by Gasteiger charge is 2.27. The molecule has 0 bridgehead atoms. The van der Waals surface area contributed by atoms with Crippen LogP contribution in [-0.4, -0.2) is 12.5 Å². The molecular formula is C12H16N2O2. The molecule has 1 heterocycles. The molecule has 0 saturated heterocycles. The van der Waals surface area contributed by atoms with Gasteiger partial charge in [-0.15, -0.1) is 0 Å². The summed E-state index contributed by atoms with van der Waals surface area (Å²) in [5.41, 5.74) is 7.31. The Hall–Kier alpha value is -1.55. The van der Waals surface area contributed by atoms with Crippen LogP contribution in [0.1, 0.15) is 25.5 Å². The van der Waals surface area contributed by atoms with Crippen molar-refractivity contribution >= 4 is 11.6 Å². The molecule has 0 radical (unpaired) electrons. The Morgan fingerprint density at radius 3 is 2.94 bits per heavy atom. The highest BCUT2D eigenvalue weighted by Crippen LogP contribution is 2.32. The maximum Gasteiger partial charge on any atom is 0.245 e. The zero-order valence-corrected chi connectivity index (χ0v) is 9.49. The molecule has 16 heavy (non-hydrogen) atoms. The van der Waals surface area contributed by atoms with Crippen LogP contribution in [0.25, 0.3) is 0 Å². The van der Waals surface area contributed by atoms with Crippen molar-refractivity contribution in [3.05, 3.63) is 23.8 Å². The molecule has 4 nitrogen and oxygen atoms in total. The smallest absolute Gasteiger partial charge is 0.245 e. The predicted octanol–water partition coefficient (Wildman–Crippen LogP) is 1.67. The van der Waals surface area contributed by atoms with Crippen molar-refractivity contribution in [2.75, 3.05) is 11.9 Å². The van der Waals surface area contributed by atoms with E-state index < -0.39 is 6.04 Å². The van der Waals surface area contributed by atoms with Crippen molar-refractivity contribution in [1.82, 2.24) is 0 Å². The SMILES string of the molecule is CC(C)COc1ccc2c(c1)NC(=O)C2N. The fourth-order valence-electron chi connectivity index (χ4n) is 1.62. The quantitative estimate of drug-likeness (QED) is 0.814. The number of carbonyl (C=O) groups is 1. The maximum absolute atomic E-state index is 11.3. The summed E-state index contributed by atoms with van der Waals surface area (Å²) in [6.07, 6.45) is 0. The third-order valence-corrected chi connectivity index (χ3v) is 2.48. The van der Waals surface area contributed by atoms with Crippen LogP contribution in [0.5, 0.6) is 5.75 Å². The normalized spacial score (nSPS) is 18.5. The number of benzene rings is 1. The van der Waals surface area contributed by atoms with Gasteiger partial charge >= 0.3 is 0 Å². The van der Waals surface area contributed by atoms with E-state index in [0.29, 0.717) is 12.5 Å². The first-order valence-electron chi connectivity index (χ1n) is 5.41. The van der Waals surface area contributed by atoms with E-state index >= 15 is 0 Å². The number of rotatable bonds is 3. The summed E-state index contributed by atoms with van der Waals surface area (Å²) in [7, 11) is 0. The lowest BCUT2D eigenvalue weighted by Gasteiger charge is -2.10. The van der Waals surface area contributed by atoms with Gasteiger partial charge in [0.15, 0.2) is 0 Å². The Morgan fingerprint density at radius 1 is 1.50 bits per heavy atom. The standard InChI is InChI=1S/C12H16N2O2/c1-7(2)6-16-8-3-4-9-10(5-8)14-12(15)11(9)13/h3-5,7,11H,6,13H2,1-2H3,(H,14,15). The largest absolute Gasteiger partial charge is 0.493 e. The van der Waals surface area contributed by atoms with Crippen molar-refractivity contribution in [2.45, 2.75) is 19.9 Å². The highest BCUT2D eigenvalue weighted by atomic mass is 16.5. The molecule has 1 atom stereocenters. The van der Waals surface area contributed by atoms with E-state index in [1.165, 1.54) is 0 Å². The van der Waals surface area contributed by atoms with Gasteiger partial charge in [0, 0.05) is 17.3 Å². The second-order valence-electron chi connectivity index (χ2n) is 4.42. The van der Waals surface area contributed by atoms with Gasteiger partial charge in [-0.05, 0) is 12.0 Å². The van der Waals surface area contributed by atoms with Crippen LogP contribution in [-0.2, 0) is 4.79 Å². The minimum atomic E-state index is -0.547. The first-order valence-corrected chi connectivity index (χ1v) is 5.41. The van der Waals surface area contributed by atoms with E-state index in [1.54, 1.807) is 0 Å². The fourth-order valence-corrected chi connectivity index (χ4v) is 1.62. The van der Waals surface area contributed by atoms with Crippen LogP contribution in [0.3, 0.4) is 0 Å². The lowest BCUT2D eigenvalue weighted by molar-refractivity contribution is -0.116. The first kappa shape index (κ1) is 11.0. The molecule has 3 N–H and O–H groups in total. The van der Waals surface area contributed by atoms with E-state index in [-0.39, 0.29) is 5.91 Å². The van der Waals surface area contributed by atoms with E-state index in [2.05, 4.69) is 19.2 Å². The summed E-state index contributed by atoms with van der Waals surface area (Å²) < 4.78 is 5.57. The van der Waals surface area contributed by atoms with Crippen LogP contribution < -0.4 is 15.8 Å². The Kier molecular flexibility index (Phi) is 2.83. The first-order chi connectivity index (χ1) is 7.58. The number of nitrogens with one attached hydrogen (secondary N) is 1. The molecule has 1 aromatic rings. The van der Waals surface area contributed by atoms with Crippen molar-refractivity contribution in [3.8, 4) is 5.75 Å². The third-order valence-electron chi connectivity index (χ3n) is 2.48. The van der Waals surface area contributed by atoms with Crippen molar-refractivity contribution in [1.29, 1.82) is 0 Å². The summed E-state index contributed by atoms with van der Waals surface area (Å²) in [6.45, 7) is 4.84. The number of hydrogen-bond acceptors (Lipinski definition) is 3. The number of carbonyl (C=O) groups excluding carboxylic acids is 1. The Labute approximate surface area is 94.8 Å². The van der Waals surface area contributed by atoms with Gasteiger partial charge in [-0.2, -0.15) is 0 Å². The molecular weight excluding hydrogens is 204 g/mol. The van der Waals surface area contributed by atoms with Gasteiger partial charge in [0.25, 0.3) is 0 Å². The molecule has 1 unspecified atom stereocenters. The average Bonchev–Trinajstić information content (AvgIpc) is 2.52.